The number of hydrogen-bond donors (Lipinski definition) is 1. The molecule has 6 heteroatoms. The highest BCUT2D eigenvalue weighted by Gasteiger charge is 2.09. The number of hydrogen-bond acceptors (Lipinski definition) is 4. The van der Waals surface area contributed by atoms with E-state index in [0.717, 1.165) is 34.5 Å². The molecule has 0 fully saturated rings. The van der Waals surface area contributed by atoms with Gasteiger partial charge in [-0.2, -0.15) is 16.9 Å². The third-order valence-electron chi connectivity index (χ3n) is 3.13. The molecule has 0 aliphatic heterocycles. The Kier molecular flexibility index (Phi) is 4.03. The number of pyridine rings is 1. The molecule has 0 aliphatic carbocycles. The lowest BCUT2D eigenvalue weighted by Crippen LogP contribution is -2.04. The molecule has 0 atom stereocenters. The second-order valence-electron chi connectivity index (χ2n) is 4.40. The predicted octanol–water partition coefficient (Wildman–Crippen LogP) is 2.76. The number of H-pyrrole nitrogens is 1. The summed E-state index contributed by atoms with van der Waals surface area (Å²) in [6, 6.07) is 4.08. The van der Waals surface area contributed by atoms with Crippen molar-refractivity contribution in [2.24, 2.45) is 0 Å². The topological polar surface area (TPSA) is 55.7 Å². The number of ether oxygens (including phenoxy) is 1. The van der Waals surface area contributed by atoms with Crippen LogP contribution in [-0.2, 0) is 11.5 Å². The van der Waals surface area contributed by atoms with Gasteiger partial charge < -0.3 is 9.30 Å². The Morgan fingerprint density at radius 2 is 2.35 bits per heavy atom. The molecule has 0 saturated carbocycles. The van der Waals surface area contributed by atoms with Gasteiger partial charge in [0.05, 0.1) is 12.8 Å². The fourth-order valence-electron chi connectivity index (χ4n) is 2.15. The Hall–Kier alpha value is -1.79. The second kappa shape index (κ2) is 6.11. The third-order valence-corrected chi connectivity index (χ3v) is 3.71. The first-order valence-electron chi connectivity index (χ1n) is 6.40. The van der Waals surface area contributed by atoms with Crippen LogP contribution in [-0.4, -0.2) is 38.4 Å². The van der Waals surface area contributed by atoms with Crippen LogP contribution < -0.4 is 0 Å². The normalized spacial score (nSPS) is 11.2. The van der Waals surface area contributed by atoms with E-state index < -0.39 is 0 Å². The first-order chi connectivity index (χ1) is 9.90. The summed E-state index contributed by atoms with van der Waals surface area (Å²) in [6.45, 7) is 1.29. The van der Waals surface area contributed by atoms with Crippen LogP contribution in [0.1, 0.15) is 0 Å². The first kappa shape index (κ1) is 13.2. The van der Waals surface area contributed by atoms with E-state index in [1.807, 2.05) is 35.4 Å². The van der Waals surface area contributed by atoms with Crippen molar-refractivity contribution < 1.29 is 4.74 Å². The molecule has 20 heavy (non-hydrogen) atoms. The maximum atomic E-state index is 5.64. The van der Waals surface area contributed by atoms with E-state index in [-0.39, 0.29) is 0 Å². The van der Waals surface area contributed by atoms with Gasteiger partial charge in [-0.05, 0) is 24.0 Å². The van der Waals surface area contributed by atoms with E-state index >= 15 is 0 Å². The minimum Gasteiger partial charge on any atom is -0.360 e. The summed E-state index contributed by atoms with van der Waals surface area (Å²) >= 11 is 1.78. The van der Waals surface area contributed by atoms with Gasteiger partial charge in [0.1, 0.15) is 12.4 Å². The summed E-state index contributed by atoms with van der Waals surface area (Å²) in [5, 5.41) is 7.96. The van der Waals surface area contributed by atoms with Crippen LogP contribution in [0.2, 0.25) is 0 Å². The molecule has 1 N–H and O–H groups in total. The molecule has 5 nitrogen and oxygen atoms in total. The average molecular weight is 288 g/mol. The summed E-state index contributed by atoms with van der Waals surface area (Å²) < 4.78 is 7.67. The molecule has 0 amide bonds. The van der Waals surface area contributed by atoms with Crippen molar-refractivity contribution in [1.29, 1.82) is 0 Å². The van der Waals surface area contributed by atoms with E-state index in [2.05, 4.69) is 27.5 Å². The lowest BCUT2D eigenvalue weighted by Gasteiger charge is -2.06. The van der Waals surface area contributed by atoms with Crippen LogP contribution >= 0.6 is 11.8 Å². The number of aromatic amines is 1. The largest absolute Gasteiger partial charge is 0.360 e. The van der Waals surface area contributed by atoms with Crippen LogP contribution in [0.5, 0.6) is 0 Å². The summed E-state index contributed by atoms with van der Waals surface area (Å²) in [7, 11) is 0. The molecule has 3 rings (SSSR count). The number of rotatable bonds is 6. The molecule has 3 aromatic rings. The molecule has 0 bridgehead atoms. The SMILES string of the molecule is CSCCOCn1ccc2c(-c3cn[nH]c3)ccnc21. The van der Waals surface area contributed by atoms with Crippen molar-refractivity contribution in [1.82, 2.24) is 19.7 Å². The Morgan fingerprint density at radius 1 is 1.40 bits per heavy atom. The van der Waals surface area contributed by atoms with Crippen molar-refractivity contribution >= 4 is 22.8 Å². The monoisotopic (exact) mass is 288 g/mol. The molecule has 0 spiro atoms. The minimum atomic E-state index is 0.534. The van der Waals surface area contributed by atoms with E-state index in [4.69, 9.17) is 4.74 Å². The highest BCUT2D eigenvalue weighted by Crippen LogP contribution is 2.27. The zero-order valence-electron chi connectivity index (χ0n) is 11.2. The van der Waals surface area contributed by atoms with Crippen molar-refractivity contribution in [3.63, 3.8) is 0 Å². The molecular weight excluding hydrogens is 272 g/mol. The molecule has 104 valence electrons. The molecule has 0 unspecified atom stereocenters. The summed E-state index contributed by atoms with van der Waals surface area (Å²) in [5.41, 5.74) is 3.14. The number of nitrogens with one attached hydrogen (secondary N) is 1. The molecule has 0 saturated heterocycles. The molecule has 3 heterocycles. The fraction of sp³-hybridized carbons (Fsp3) is 0.286. The number of aromatic nitrogens is 4. The molecule has 0 aliphatic rings. The van der Waals surface area contributed by atoms with Crippen LogP contribution in [0.25, 0.3) is 22.2 Å². The number of thioether (sulfide) groups is 1. The van der Waals surface area contributed by atoms with Crippen LogP contribution in [0.15, 0.2) is 36.9 Å². The van der Waals surface area contributed by atoms with Crippen molar-refractivity contribution in [3.05, 3.63) is 36.9 Å². The first-order valence-corrected chi connectivity index (χ1v) is 7.79. The zero-order valence-corrected chi connectivity index (χ0v) is 12.1. The average Bonchev–Trinajstić information content (AvgIpc) is 3.13. The van der Waals surface area contributed by atoms with Crippen molar-refractivity contribution in [2.75, 3.05) is 18.6 Å². The van der Waals surface area contributed by atoms with Crippen molar-refractivity contribution in [3.8, 4) is 11.1 Å². The third kappa shape index (κ3) is 2.57. The zero-order chi connectivity index (χ0) is 13.8. The van der Waals surface area contributed by atoms with Gasteiger partial charge in [0, 0.05) is 35.3 Å². The van der Waals surface area contributed by atoms with Gasteiger partial charge >= 0.3 is 0 Å². The van der Waals surface area contributed by atoms with Gasteiger partial charge in [0.15, 0.2) is 0 Å². The summed E-state index contributed by atoms with van der Waals surface area (Å²) in [5.74, 6) is 1.01. The highest BCUT2D eigenvalue weighted by atomic mass is 32.2. The smallest absolute Gasteiger partial charge is 0.142 e. The van der Waals surface area contributed by atoms with Crippen LogP contribution in [0.4, 0.5) is 0 Å². The Balaban J connectivity index is 1.88. The van der Waals surface area contributed by atoms with Gasteiger partial charge in [-0.3, -0.25) is 5.10 Å². The quantitative estimate of drug-likeness (QED) is 0.709. The van der Waals surface area contributed by atoms with E-state index in [9.17, 15) is 0 Å². The van der Waals surface area contributed by atoms with E-state index in [0.29, 0.717) is 6.73 Å². The maximum absolute atomic E-state index is 5.64. The van der Waals surface area contributed by atoms with E-state index in [1.165, 1.54) is 0 Å². The fourth-order valence-corrected chi connectivity index (χ4v) is 2.43. The van der Waals surface area contributed by atoms with E-state index in [1.54, 1.807) is 11.8 Å². The van der Waals surface area contributed by atoms with Crippen LogP contribution in [0, 0.1) is 0 Å². The maximum Gasteiger partial charge on any atom is 0.142 e. The van der Waals surface area contributed by atoms with Gasteiger partial charge in [-0.1, -0.05) is 0 Å². The standard InChI is InChI=1S/C14H16N4OS/c1-20-7-6-19-10-18-5-3-13-12(2-4-15-14(13)18)11-8-16-17-9-11/h2-5,8-9H,6-7,10H2,1H3,(H,16,17). The van der Waals surface area contributed by atoms with Crippen LogP contribution in [0.3, 0.4) is 0 Å². The molecule has 0 aromatic carbocycles. The summed E-state index contributed by atoms with van der Waals surface area (Å²) in [4.78, 5) is 4.46. The minimum absolute atomic E-state index is 0.534. The van der Waals surface area contributed by atoms with Gasteiger partial charge in [-0.15, -0.1) is 0 Å². The van der Waals surface area contributed by atoms with Crippen molar-refractivity contribution in [2.45, 2.75) is 6.73 Å². The molecule has 0 radical (unpaired) electrons. The second-order valence-corrected chi connectivity index (χ2v) is 5.38. The highest BCUT2D eigenvalue weighted by molar-refractivity contribution is 7.98. The van der Waals surface area contributed by atoms with Gasteiger partial charge in [0.2, 0.25) is 0 Å². The Morgan fingerprint density at radius 3 is 3.15 bits per heavy atom. The van der Waals surface area contributed by atoms with Gasteiger partial charge in [0.25, 0.3) is 0 Å². The van der Waals surface area contributed by atoms with Gasteiger partial charge in [-0.25, -0.2) is 4.98 Å². The summed E-state index contributed by atoms with van der Waals surface area (Å²) in [6.07, 6.45) is 9.62. The number of fused-ring (bicyclic) bond motifs is 1. The Labute approximate surface area is 121 Å². The predicted molar refractivity (Wildman–Crippen MR) is 81.6 cm³/mol. The lowest BCUT2D eigenvalue weighted by atomic mass is 10.1. The molecule has 3 aromatic heterocycles. The number of nitrogens with zero attached hydrogens (tertiary/aromatic N) is 3. The lowest BCUT2D eigenvalue weighted by molar-refractivity contribution is 0.0927. The molecular formula is C14H16N4OS. The Bertz CT molecular complexity index is 678.